The first-order valence-electron chi connectivity index (χ1n) is 10.1. The third kappa shape index (κ3) is 4.53. The second kappa shape index (κ2) is 8.55. The fraction of sp³-hybridized carbons (Fsp3) is 0.409. The molecular weight excluding hydrogens is 393 g/mol. The van der Waals surface area contributed by atoms with Crippen LogP contribution in [0.2, 0.25) is 0 Å². The lowest BCUT2D eigenvalue weighted by atomic mass is 9.85. The molecule has 158 valence electrons. The van der Waals surface area contributed by atoms with Gasteiger partial charge in [0.15, 0.2) is 5.65 Å². The number of pyridine rings is 1. The zero-order valence-electron chi connectivity index (χ0n) is 16.4. The van der Waals surface area contributed by atoms with Gasteiger partial charge in [-0.25, -0.2) is 0 Å². The summed E-state index contributed by atoms with van der Waals surface area (Å²) in [5.74, 6) is 0.158. The van der Waals surface area contributed by atoms with E-state index in [9.17, 15) is 18.0 Å². The van der Waals surface area contributed by atoms with Gasteiger partial charge >= 0.3 is 6.18 Å². The van der Waals surface area contributed by atoms with E-state index in [2.05, 4.69) is 15.5 Å². The van der Waals surface area contributed by atoms with Gasteiger partial charge in [0.2, 0.25) is 0 Å². The Bertz CT molecular complexity index is 1010. The standard InChI is InChI=1S/C22H23F3N4O/c23-22(24,25)18-6-7-20-27-28-21(29(20)14-18)17(12-15-4-2-1-3-5-15)13-19(30)16-8-10-26-11-9-16/h1-7,14,16-17,26H,8-13H2/t17-/m0/s1. The number of piperidine rings is 1. The molecule has 0 radical (unpaired) electrons. The van der Waals surface area contributed by atoms with Crippen LogP contribution in [0.3, 0.4) is 0 Å². The first-order valence-corrected chi connectivity index (χ1v) is 10.1. The number of nitrogens with one attached hydrogen (secondary N) is 1. The van der Waals surface area contributed by atoms with Crippen molar-refractivity contribution < 1.29 is 18.0 Å². The van der Waals surface area contributed by atoms with Crippen molar-refractivity contribution in [2.75, 3.05) is 13.1 Å². The van der Waals surface area contributed by atoms with E-state index >= 15 is 0 Å². The van der Waals surface area contributed by atoms with Gasteiger partial charge in [-0.3, -0.25) is 9.20 Å². The van der Waals surface area contributed by atoms with Gasteiger partial charge < -0.3 is 5.32 Å². The predicted octanol–water partition coefficient (Wildman–Crippen LogP) is 4.03. The maximum absolute atomic E-state index is 13.2. The first kappa shape index (κ1) is 20.5. The second-order valence-corrected chi connectivity index (χ2v) is 7.78. The highest BCUT2D eigenvalue weighted by molar-refractivity contribution is 5.82. The molecule has 0 amide bonds. The fourth-order valence-corrected chi connectivity index (χ4v) is 4.06. The van der Waals surface area contributed by atoms with Crippen LogP contribution in [-0.4, -0.2) is 33.5 Å². The predicted molar refractivity (Wildman–Crippen MR) is 106 cm³/mol. The van der Waals surface area contributed by atoms with Gasteiger partial charge in [0.25, 0.3) is 0 Å². The van der Waals surface area contributed by atoms with Crippen molar-refractivity contribution >= 4 is 11.4 Å². The van der Waals surface area contributed by atoms with Crippen molar-refractivity contribution in [1.29, 1.82) is 0 Å². The smallest absolute Gasteiger partial charge is 0.317 e. The Hall–Kier alpha value is -2.74. The molecule has 0 aliphatic carbocycles. The molecule has 1 aliphatic heterocycles. The molecule has 1 fully saturated rings. The molecule has 1 aromatic carbocycles. The highest BCUT2D eigenvalue weighted by Gasteiger charge is 2.32. The van der Waals surface area contributed by atoms with Crippen LogP contribution in [-0.2, 0) is 17.4 Å². The van der Waals surface area contributed by atoms with Crippen LogP contribution in [0.1, 0.15) is 42.1 Å². The SMILES string of the molecule is O=C(C[C@H](Cc1ccccc1)c1nnc2ccc(C(F)(F)F)cn12)C1CCNCC1. The molecule has 1 atom stereocenters. The molecule has 8 heteroatoms. The maximum atomic E-state index is 13.2. The normalized spacial score (nSPS) is 16.6. The van der Waals surface area contributed by atoms with Gasteiger partial charge in [0.05, 0.1) is 5.56 Å². The zero-order chi connectivity index (χ0) is 21.1. The molecule has 0 saturated carbocycles. The van der Waals surface area contributed by atoms with Crippen LogP contribution in [0.25, 0.3) is 5.65 Å². The monoisotopic (exact) mass is 416 g/mol. The summed E-state index contributed by atoms with van der Waals surface area (Å²) < 4.78 is 41.1. The Morgan fingerprint density at radius 3 is 2.53 bits per heavy atom. The number of nitrogens with zero attached hydrogens (tertiary/aromatic N) is 3. The van der Waals surface area contributed by atoms with E-state index in [-0.39, 0.29) is 24.0 Å². The van der Waals surface area contributed by atoms with Gasteiger partial charge in [-0.2, -0.15) is 13.2 Å². The number of rotatable bonds is 6. The van der Waals surface area contributed by atoms with Crippen molar-refractivity contribution in [1.82, 2.24) is 19.9 Å². The third-order valence-corrected chi connectivity index (χ3v) is 5.69. The molecule has 0 spiro atoms. The van der Waals surface area contributed by atoms with Crippen molar-refractivity contribution in [3.63, 3.8) is 0 Å². The summed E-state index contributed by atoms with van der Waals surface area (Å²) >= 11 is 0. The number of Topliss-reactive ketones (excluding diaryl/α,β-unsaturated/α-hetero) is 1. The number of hydrogen-bond donors (Lipinski definition) is 1. The average Bonchev–Trinajstić information content (AvgIpc) is 3.17. The minimum Gasteiger partial charge on any atom is -0.317 e. The maximum Gasteiger partial charge on any atom is 0.417 e. The molecule has 3 aromatic rings. The van der Waals surface area contributed by atoms with Gasteiger partial charge in [-0.05, 0) is 50.0 Å². The van der Waals surface area contributed by atoms with Crippen LogP contribution in [0.5, 0.6) is 0 Å². The summed E-state index contributed by atoms with van der Waals surface area (Å²) in [5, 5.41) is 11.5. The summed E-state index contributed by atoms with van der Waals surface area (Å²) in [6.45, 7) is 1.62. The number of ketones is 1. The summed E-state index contributed by atoms with van der Waals surface area (Å²) in [5.41, 5.74) is 0.578. The van der Waals surface area contributed by atoms with Crippen molar-refractivity contribution in [3.8, 4) is 0 Å². The van der Waals surface area contributed by atoms with Gasteiger partial charge in [-0.1, -0.05) is 30.3 Å². The third-order valence-electron chi connectivity index (χ3n) is 5.69. The lowest BCUT2D eigenvalue weighted by Gasteiger charge is -2.23. The summed E-state index contributed by atoms with van der Waals surface area (Å²) in [4.78, 5) is 13.0. The van der Waals surface area contributed by atoms with Crippen LogP contribution in [0, 0.1) is 5.92 Å². The number of alkyl halides is 3. The van der Waals surface area contributed by atoms with E-state index in [1.54, 1.807) is 0 Å². The number of carbonyl (C=O) groups excluding carboxylic acids is 1. The van der Waals surface area contributed by atoms with Crippen LogP contribution in [0.4, 0.5) is 13.2 Å². The van der Waals surface area contributed by atoms with Gasteiger partial charge in [0, 0.05) is 24.5 Å². The summed E-state index contributed by atoms with van der Waals surface area (Å²) in [7, 11) is 0. The molecule has 30 heavy (non-hydrogen) atoms. The van der Waals surface area contributed by atoms with E-state index in [0.717, 1.165) is 43.8 Å². The molecule has 1 aliphatic rings. The Balaban J connectivity index is 1.68. The molecule has 1 saturated heterocycles. The lowest BCUT2D eigenvalue weighted by molar-refractivity contribution is -0.137. The van der Waals surface area contributed by atoms with Crippen molar-refractivity contribution in [2.24, 2.45) is 5.92 Å². The van der Waals surface area contributed by atoms with Crippen LogP contribution >= 0.6 is 0 Å². The molecule has 1 N–H and O–H groups in total. The van der Waals surface area contributed by atoms with Crippen molar-refractivity contribution in [2.45, 2.75) is 37.8 Å². The number of hydrogen-bond acceptors (Lipinski definition) is 4. The Morgan fingerprint density at radius 1 is 1.10 bits per heavy atom. The van der Waals surface area contributed by atoms with Gasteiger partial charge in [-0.15, -0.1) is 10.2 Å². The lowest BCUT2D eigenvalue weighted by Crippen LogP contribution is -2.32. The van der Waals surface area contributed by atoms with E-state index in [1.165, 1.54) is 10.5 Å². The minimum atomic E-state index is -4.46. The largest absolute Gasteiger partial charge is 0.417 e. The van der Waals surface area contributed by atoms with E-state index in [0.29, 0.717) is 17.9 Å². The first-order chi connectivity index (χ1) is 14.4. The number of halogens is 3. The quantitative estimate of drug-likeness (QED) is 0.659. The van der Waals surface area contributed by atoms with Crippen molar-refractivity contribution in [3.05, 3.63) is 65.6 Å². The Labute approximate surface area is 172 Å². The number of fused-ring (bicyclic) bond motifs is 1. The fourth-order valence-electron chi connectivity index (χ4n) is 4.06. The number of benzene rings is 1. The van der Waals surface area contributed by atoms with E-state index in [4.69, 9.17) is 0 Å². The topological polar surface area (TPSA) is 59.3 Å². The number of carbonyl (C=O) groups is 1. The molecule has 0 bridgehead atoms. The minimum absolute atomic E-state index is 0.0190. The summed E-state index contributed by atoms with van der Waals surface area (Å²) in [6.07, 6.45) is -1.12. The van der Waals surface area contributed by atoms with E-state index < -0.39 is 11.7 Å². The zero-order valence-corrected chi connectivity index (χ0v) is 16.4. The second-order valence-electron chi connectivity index (χ2n) is 7.78. The van der Waals surface area contributed by atoms with Crippen LogP contribution in [0.15, 0.2) is 48.7 Å². The Morgan fingerprint density at radius 2 is 1.83 bits per heavy atom. The molecule has 2 aromatic heterocycles. The average molecular weight is 416 g/mol. The molecule has 0 unspecified atom stereocenters. The molecular formula is C22H23F3N4O. The molecule has 4 rings (SSSR count). The highest BCUT2D eigenvalue weighted by atomic mass is 19.4. The van der Waals surface area contributed by atoms with Crippen LogP contribution < -0.4 is 5.32 Å². The van der Waals surface area contributed by atoms with Gasteiger partial charge in [0.1, 0.15) is 11.6 Å². The van der Waals surface area contributed by atoms with E-state index in [1.807, 2.05) is 30.3 Å². The number of aromatic nitrogens is 3. The highest BCUT2D eigenvalue weighted by Crippen LogP contribution is 2.31. The summed E-state index contributed by atoms with van der Waals surface area (Å²) in [6, 6.07) is 11.9. The molecule has 5 nitrogen and oxygen atoms in total. The Kier molecular flexibility index (Phi) is 5.85. The molecule has 3 heterocycles.